The van der Waals surface area contributed by atoms with Crippen molar-refractivity contribution in [2.45, 2.75) is 13.0 Å². The molecule has 0 amide bonds. The van der Waals surface area contributed by atoms with Gasteiger partial charge in [-0.15, -0.1) is 24.0 Å². The molecule has 5 nitrogen and oxygen atoms in total. The summed E-state index contributed by atoms with van der Waals surface area (Å²) < 4.78 is 5.31. The number of aryl methyl sites for hydroxylation is 1. The number of anilines is 1. The number of likely N-dealkylation sites (N-methyl/N-ethyl adjacent to an activating group) is 1. The molecule has 2 rings (SSSR count). The largest absolute Gasteiger partial charge is 0.497 e. The fourth-order valence-electron chi connectivity index (χ4n) is 2.51. The predicted molar refractivity (Wildman–Crippen MR) is 116 cm³/mol. The van der Waals surface area contributed by atoms with E-state index in [1.54, 1.807) is 7.11 Å². The number of ether oxygens (including phenoxy) is 1. The second kappa shape index (κ2) is 10.2. The first-order valence-electron chi connectivity index (χ1n) is 7.93. The van der Waals surface area contributed by atoms with Crippen molar-refractivity contribution in [2.24, 2.45) is 10.7 Å². The molecule has 0 aliphatic rings. The average Bonchev–Trinajstić information content (AvgIpc) is 2.55. The Kier molecular flexibility index (Phi) is 8.71. The number of hydrogen-bond donors (Lipinski definition) is 2. The first-order chi connectivity index (χ1) is 11.5. The summed E-state index contributed by atoms with van der Waals surface area (Å²) in [6.07, 6.45) is 0. The molecule has 25 heavy (non-hydrogen) atoms. The molecule has 0 saturated heterocycles. The zero-order valence-electron chi connectivity index (χ0n) is 15.2. The number of methoxy groups -OCH3 is 1. The van der Waals surface area contributed by atoms with Gasteiger partial charge in [0.05, 0.1) is 19.7 Å². The van der Waals surface area contributed by atoms with Gasteiger partial charge in [0.1, 0.15) is 5.75 Å². The van der Waals surface area contributed by atoms with Gasteiger partial charge < -0.3 is 20.7 Å². The molecule has 3 N–H and O–H groups in total. The number of hydrogen-bond acceptors (Lipinski definition) is 3. The van der Waals surface area contributed by atoms with Gasteiger partial charge >= 0.3 is 0 Å². The maximum absolute atomic E-state index is 6.03. The summed E-state index contributed by atoms with van der Waals surface area (Å²) in [5.74, 6) is 1.25. The molecule has 6 heteroatoms. The van der Waals surface area contributed by atoms with Crippen molar-refractivity contribution in [1.82, 2.24) is 4.90 Å². The van der Waals surface area contributed by atoms with E-state index in [1.807, 2.05) is 63.5 Å². The summed E-state index contributed by atoms with van der Waals surface area (Å²) in [5.41, 5.74) is 9.30. The number of aliphatic imine (C=N–C) groups is 1. The fourth-order valence-corrected chi connectivity index (χ4v) is 2.51. The number of nitrogens with two attached hydrogens (primary N) is 1. The van der Waals surface area contributed by atoms with Gasteiger partial charge in [0.15, 0.2) is 5.96 Å². The van der Waals surface area contributed by atoms with Gasteiger partial charge in [0, 0.05) is 5.69 Å². The van der Waals surface area contributed by atoms with Crippen molar-refractivity contribution in [3.05, 3.63) is 59.7 Å². The van der Waals surface area contributed by atoms with E-state index in [0.29, 0.717) is 12.5 Å². The highest BCUT2D eigenvalue weighted by atomic mass is 127. The molecular weight excluding hydrogens is 427 g/mol. The van der Waals surface area contributed by atoms with Crippen LogP contribution in [-0.2, 0) is 0 Å². The van der Waals surface area contributed by atoms with Crippen LogP contribution >= 0.6 is 24.0 Å². The molecule has 0 bridgehead atoms. The lowest BCUT2D eigenvalue weighted by molar-refractivity contribution is 0.305. The zero-order valence-corrected chi connectivity index (χ0v) is 17.5. The Labute approximate surface area is 167 Å². The highest BCUT2D eigenvalue weighted by Crippen LogP contribution is 2.23. The maximum Gasteiger partial charge on any atom is 0.193 e. The SMILES string of the molecule is COc1cccc(C(CN=C(N)Nc2cccc(C)c2)N(C)C)c1.I. The van der Waals surface area contributed by atoms with Crippen molar-refractivity contribution >= 4 is 35.6 Å². The molecule has 0 aliphatic carbocycles. The highest BCUT2D eigenvalue weighted by Gasteiger charge is 2.14. The third kappa shape index (κ3) is 6.55. The van der Waals surface area contributed by atoms with E-state index < -0.39 is 0 Å². The van der Waals surface area contributed by atoms with Gasteiger partial charge in [-0.3, -0.25) is 4.99 Å². The van der Waals surface area contributed by atoms with Crippen LogP contribution < -0.4 is 15.8 Å². The van der Waals surface area contributed by atoms with Gasteiger partial charge in [-0.05, 0) is 56.4 Å². The molecule has 0 saturated carbocycles. The van der Waals surface area contributed by atoms with Gasteiger partial charge in [0.25, 0.3) is 0 Å². The third-order valence-electron chi connectivity index (χ3n) is 3.83. The van der Waals surface area contributed by atoms with E-state index in [1.165, 1.54) is 5.56 Å². The van der Waals surface area contributed by atoms with Crippen LogP contribution in [0.15, 0.2) is 53.5 Å². The van der Waals surface area contributed by atoms with Crippen LogP contribution in [-0.4, -0.2) is 38.6 Å². The quantitative estimate of drug-likeness (QED) is 0.398. The molecule has 1 unspecified atom stereocenters. The molecule has 136 valence electrons. The fraction of sp³-hybridized carbons (Fsp3) is 0.316. The summed E-state index contributed by atoms with van der Waals surface area (Å²) >= 11 is 0. The Hall–Kier alpha value is -1.80. The van der Waals surface area contributed by atoms with Gasteiger partial charge in [-0.25, -0.2) is 0 Å². The van der Waals surface area contributed by atoms with Crippen molar-refractivity contribution in [3.8, 4) is 5.75 Å². The predicted octanol–water partition coefficient (Wildman–Crippen LogP) is 3.65. The zero-order chi connectivity index (χ0) is 17.5. The number of halogens is 1. The molecule has 0 radical (unpaired) electrons. The number of nitrogens with zero attached hydrogens (tertiary/aromatic N) is 2. The first-order valence-corrected chi connectivity index (χ1v) is 7.93. The van der Waals surface area contributed by atoms with E-state index in [2.05, 4.69) is 21.3 Å². The minimum Gasteiger partial charge on any atom is -0.497 e. The van der Waals surface area contributed by atoms with Crippen molar-refractivity contribution in [2.75, 3.05) is 33.1 Å². The standard InChI is InChI=1S/C19H26N4O.HI/c1-14-7-5-9-16(11-14)22-19(20)21-13-18(23(2)3)15-8-6-10-17(12-15)24-4;/h5-12,18H,13H2,1-4H3,(H3,20,21,22);1H. The van der Waals surface area contributed by atoms with Crippen LogP contribution in [0.5, 0.6) is 5.75 Å². The Morgan fingerprint density at radius 3 is 2.56 bits per heavy atom. The van der Waals surface area contributed by atoms with E-state index in [4.69, 9.17) is 10.5 Å². The Morgan fingerprint density at radius 1 is 1.20 bits per heavy atom. The van der Waals surface area contributed by atoms with Crippen LogP contribution in [0.3, 0.4) is 0 Å². The second-order valence-corrected chi connectivity index (χ2v) is 5.98. The molecule has 2 aromatic rings. The second-order valence-electron chi connectivity index (χ2n) is 5.98. The Balaban J connectivity index is 0.00000312. The molecule has 0 spiro atoms. The smallest absolute Gasteiger partial charge is 0.193 e. The first kappa shape index (κ1) is 21.2. The van der Waals surface area contributed by atoms with Crippen LogP contribution in [0.25, 0.3) is 0 Å². The molecule has 0 heterocycles. The van der Waals surface area contributed by atoms with E-state index in [-0.39, 0.29) is 30.0 Å². The van der Waals surface area contributed by atoms with E-state index >= 15 is 0 Å². The lowest BCUT2D eigenvalue weighted by atomic mass is 10.1. The molecular formula is C19H27IN4O. The van der Waals surface area contributed by atoms with Crippen molar-refractivity contribution < 1.29 is 4.74 Å². The molecule has 0 aromatic heterocycles. The number of benzene rings is 2. The van der Waals surface area contributed by atoms with E-state index in [0.717, 1.165) is 17.0 Å². The lowest BCUT2D eigenvalue weighted by Crippen LogP contribution is -2.27. The Bertz CT molecular complexity index is 703. The summed E-state index contributed by atoms with van der Waals surface area (Å²) in [7, 11) is 5.74. The van der Waals surface area contributed by atoms with Gasteiger partial charge in [-0.2, -0.15) is 0 Å². The monoisotopic (exact) mass is 454 g/mol. The summed E-state index contributed by atoms with van der Waals surface area (Å²) in [4.78, 5) is 6.63. The highest BCUT2D eigenvalue weighted by molar-refractivity contribution is 14.0. The van der Waals surface area contributed by atoms with Gasteiger partial charge in [-0.1, -0.05) is 24.3 Å². The Morgan fingerprint density at radius 2 is 1.92 bits per heavy atom. The molecule has 0 fully saturated rings. The third-order valence-corrected chi connectivity index (χ3v) is 3.83. The minimum absolute atomic E-state index is 0. The van der Waals surface area contributed by atoms with Gasteiger partial charge in [0.2, 0.25) is 0 Å². The summed E-state index contributed by atoms with van der Waals surface area (Å²) in [6.45, 7) is 2.61. The lowest BCUT2D eigenvalue weighted by Gasteiger charge is -2.23. The number of guanidine groups is 1. The van der Waals surface area contributed by atoms with E-state index in [9.17, 15) is 0 Å². The maximum atomic E-state index is 6.03. The van der Waals surface area contributed by atoms with Crippen molar-refractivity contribution in [1.29, 1.82) is 0 Å². The molecule has 2 aromatic carbocycles. The van der Waals surface area contributed by atoms with Crippen LogP contribution in [0.2, 0.25) is 0 Å². The minimum atomic E-state index is 0. The topological polar surface area (TPSA) is 62.9 Å². The normalized spacial score (nSPS) is 12.4. The number of rotatable bonds is 6. The van der Waals surface area contributed by atoms with Crippen LogP contribution in [0, 0.1) is 6.92 Å². The van der Waals surface area contributed by atoms with Crippen LogP contribution in [0.1, 0.15) is 17.2 Å². The van der Waals surface area contributed by atoms with Crippen LogP contribution in [0.4, 0.5) is 5.69 Å². The molecule has 0 aliphatic heterocycles. The number of nitrogens with one attached hydrogen (secondary N) is 1. The van der Waals surface area contributed by atoms with Crippen molar-refractivity contribution in [3.63, 3.8) is 0 Å². The average molecular weight is 454 g/mol. The molecule has 1 atom stereocenters. The summed E-state index contributed by atoms with van der Waals surface area (Å²) in [5, 5.41) is 3.14. The summed E-state index contributed by atoms with van der Waals surface area (Å²) in [6, 6.07) is 16.2.